The maximum atomic E-state index is 6.00. The molecule has 1 nitrogen and oxygen atoms in total. The zero-order valence-corrected chi connectivity index (χ0v) is 8.52. The number of benzene rings is 1. The summed E-state index contributed by atoms with van der Waals surface area (Å²) in [5, 5.41) is 2.39. The summed E-state index contributed by atoms with van der Waals surface area (Å²) in [5.74, 6) is 0. The van der Waals surface area contributed by atoms with Crippen molar-refractivity contribution in [2.24, 2.45) is 0 Å². The van der Waals surface area contributed by atoms with Crippen molar-refractivity contribution in [3.8, 4) is 0 Å². The first-order chi connectivity index (χ1) is 6.20. The summed E-state index contributed by atoms with van der Waals surface area (Å²) < 4.78 is 0. The smallest absolute Gasteiger partial charge is 0.0760 e. The molecule has 13 heavy (non-hydrogen) atoms. The summed E-state index contributed by atoms with van der Waals surface area (Å²) in [6.45, 7) is 1.94. The van der Waals surface area contributed by atoms with Gasteiger partial charge in [0.15, 0.2) is 0 Å². The molecule has 3 heteroatoms. The maximum Gasteiger partial charge on any atom is 0.0760 e. The van der Waals surface area contributed by atoms with Gasteiger partial charge in [0.05, 0.1) is 10.5 Å². The molecule has 66 valence electrons. The van der Waals surface area contributed by atoms with Gasteiger partial charge in [0, 0.05) is 16.6 Å². The lowest BCUT2D eigenvalue weighted by Crippen LogP contribution is -1.84. The van der Waals surface area contributed by atoms with Crippen LogP contribution in [0.4, 0.5) is 0 Å². The zero-order chi connectivity index (χ0) is 9.42. The molecule has 2 aromatic rings. The number of pyridine rings is 1. The molecule has 0 aliphatic heterocycles. The number of rotatable bonds is 0. The Hall–Kier alpha value is -0.790. The molecule has 1 aromatic carbocycles. The van der Waals surface area contributed by atoms with Crippen molar-refractivity contribution in [1.29, 1.82) is 0 Å². The molecule has 0 saturated heterocycles. The van der Waals surface area contributed by atoms with E-state index in [4.69, 9.17) is 23.2 Å². The highest BCUT2D eigenvalue weighted by Gasteiger charge is 2.04. The van der Waals surface area contributed by atoms with E-state index in [0.717, 1.165) is 21.5 Å². The Kier molecular flexibility index (Phi) is 2.14. The molecule has 0 N–H and O–H groups in total. The molecule has 0 unspecified atom stereocenters. The third-order valence-corrected chi connectivity index (χ3v) is 2.79. The lowest BCUT2D eigenvalue weighted by Gasteiger charge is -2.03. The van der Waals surface area contributed by atoms with Gasteiger partial charge in [-0.15, -0.1) is 0 Å². The number of fused-ring (bicyclic) bond motifs is 1. The fraction of sp³-hybridized carbons (Fsp3) is 0.100. The average molecular weight is 212 g/mol. The van der Waals surface area contributed by atoms with Gasteiger partial charge >= 0.3 is 0 Å². The minimum atomic E-state index is 0.713. The zero-order valence-electron chi connectivity index (χ0n) is 7.01. The normalized spacial score (nSPS) is 10.7. The van der Waals surface area contributed by atoms with E-state index in [-0.39, 0.29) is 0 Å². The first-order valence-electron chi connectivity index (χ1n) is 3.89. The van der Waals surface area contributed by atoms with E-state index in [9.17, 15) is 0 Å². The van der Waals surface area contributed by atoms with E-state index in [1.807, 2.05) is 19.1 Å². The topological polar surface area (TPSA) is 12.9 Å². The molecular formula is C10H7Cl2N. The van der Waals surface area contributed by atoms with Crippen LogP contribution in [0.3, 0.4) is 0 Å². The Bertz CT molecular complexity index is 466. The fourth-order valence-electron chi connectivity index (χ4n) is 1.30. The van der Waals surface area contributed by atoms with E-state index < -0.39 is 0 Å². The summed E-state index contributed by atoms with van der Waals surface area (Å²) in [7, 11) is 0. The van der Waals surface area contributed by atoms with Crippen molar-refractivity contribution >= 4 is 34.1 Å². The monoisotopic (exact) mass is 211 g/mol. The molecule has 1 aromatic heterocycles. The molecule has 0 amide bonds. The number of aryl methyl sites for hydroxylation is 1. The fourth-order valence-corrected chi connectivity index (χ4v) is 1.66. The van der Waals surface area contributed by atoms with Crippen LogP contribution in [0, 0.1) is 6.92 Å². The lowest BCUT2D eigenvalue weighted by molar-refractivity contribution is 1.37. The number of hydrogen-bond acceptors (Lipinski definition) is 1. The highest BCUT2D eigenvalue weighted by molar-refractivity contribution is 6.36. The number of halogens is 2. The molecule has 0 aliphatic rings. The lowest BCUT2D eigenvalue weighted by atomic mass is 10.1. The van der Waals surface area contributed by atoms with Gasteiger partial charge in [-0.25, -0.2) is 0 Å². The van der Waals surface area contributed by atoms with Crippen LogP contribution in [0.25, 0.3) is 10.9 Å². The highest BCUT2D eigenvalue weighted by Crippen LogP contribution is 2.27. The van der Waals surface area contributed by atoms with Crippen LogP contribution in [0.15, 0.2) is 24.4 Å². The highest BCUT2D eigenvalue weighted by atomic mass is 35.5. The van der Waals surface area contributed by atoms with Gasteiger partial charge in [-0.05, 0) is 30.7 Å². The van der Waals surface area contributed by atoms with Crippen molar-refractivity contribution in [3.63, 3.8) is 0 Å². The minimum absolute atomic E-state index is 0.713. The molecule has 0 spiro atoms. The second-order valence-corrected chi connectivity index (χ2v) is 3.68. The Labute approximate surface area is 86.3 Å². The van der Waals surface area contributed by atoms with Gasteiger partial charge in [-0.3, -0.25) is 4.98 Å². The SMILES string of the molecule is Cc1c(Cl)ccc2c(Cl)ccnc12. The van der Waals surface area contributed by atoms with E-state index in [2.05, 4.69) is 4.98 Å². The average Bonchev–Trinajstić information content (AvgIpc) is 2.12. The number of hydrogen-bond donors (Lipinski definition) is 0. The van der Waals surface area contributed by atoms with E-state index in [0.29, 0.717) is 5.02 Å². The van der Waals surface area contributed by atoms with Crippen molar-refractivity contribution in [2.75, 3.05) is 0 Å². The summed E-state index contributed by atoms with van der Waals surface area (Å²) in [4.78, 5) is 4.23. The van der Waals surface area contributed by atoms with E-state index in [1.165, 1.54) is 0 Å². The van der Waals surface area contributed by atoms with Gasteiger partial charge in [0.25, 0.3) is 0 Å². The van der Waals surface area contributed by atoms with Crippen LogP contribution in [-0.4, -0.2) is 4.98 Å². The van der Waals surface area contributed by atoms with Crippen molar-refractivity contribution in [3.05, 3.63) is 40.0 Å². The second-order valence-electron chi connectivity index (χ2n) is 2.86. The summed E-state index contributed by atoms with van der Waals surface area (Å²) >= 11 is 12.0. The van der Waals surface area contributed by atoms with Gasteiger partial charge in [0.2, 0.25) is 0 Å². The molecule has 0 fully saturated rings. The molecular weight excluding hydrogens is 205 g/mol. The Balaban J connectivity index is 2.94. The predicted molar refractivity (Wildman–Crippen MR) is 56.5 cm³/mol. The van der Waals surface area contributed by atoms with E-state index in [1.54, 1.807) is 12.3 Å². The predicted octanol–water partition coefficient (Wildman–Crippen LogP) is 3.85. The number of nitrogens with zero attached hydrogens (tertiary/aromatic N) is 1. The van der Waals surface area contributed by atoms with Crippen molar-refractivity contribution in [2.45, 2.75) is 6.92 Å². The minimum Gasteiger partial charge on any atom is -0.256 e. The summed E-state index contributed by atoms with van der Waals surface area (Å²) in [6, 6.07) is 5.50. The van der Waals surface area contributed by atoms with Gasteiger partial charge in [0.1, 0.15) is 0 Å². The third-order valence-electron chi connectivity index (χ3n) is 2.05. The van der Waals surface area contributed by atoms with Crippen molar-refractivity contribution < 1.29 is 0 Å². The van der Waals surface area contributed by atoms with Gasteiger partial charge < -0.3 is 0 Å². The molecule has 0 aliphatic carbocycles. The molecule has 0 atom stereocenters. The second kappa shape index (κ2) is 3.17. The van der Waals surface area contributed by atoms with Crippen LogP contribution in [0.5, 0.6) is 0 Å². The Morgan fingerprint density at radius 3 is 2.62 bits per heavy atom. The van der Waals surface area contributed by atoms with Crippen molar-refractivity contribution in [1.82, 2.24) is 4.98 Å². The molecule has 2 rings (SSSR count). The molecule has 0 radical (unpaired) electrons. The summed E-state index contributed by atoms with van der Waals surface area (Å²) in [5.41, 5.74) is 1.85. The third kappa shape index (κ3) is 1.38. The van der Waals surface area contributed by atoms with Gasteiger partial charge in [-0.1, -0.05) is 23.2 Å². The standard InChI is InChI=1S/C10H7Cl2N/c1-6-8(11)3-2-7-9(12)4-5-13-10(6)7/h2-5H,1H3. The van der Waals surface area contributed by atoms with Crippen LogP contribution in [0.2, 0.25) is 10.0 Å². The van der Waals surface area contributed by atoms with Gasteiger partial charge in [-0.2, -0.15) is 0 Å². The first kappa shape index (κ1) is 8.79. The van der Waals surface area contributed by atoms with Crippen LogP contribution in [-0.2, 0) is 0 Å². The summed E-state index contributed by atoms with van der Waals surface area (Å²) in [6.07, 6.45) is 1.69. The molecule has 0 bridgehead atoms. The van der Waals surface area contributed by atoms with Crippen LogP contribution in [0.1, 0.15) is 5.56 Å². The maximum absolute atomic E-state index is 6.00. The first-order valence-corrected chi connectivity index (χ1v) is 4.65. The largest absolute Gasteiger partial charge is 0.256 e. The molecule has 0 saturated carbocycles. The Morgan fingerprint density at radius 1 is 1.08 bits per heavy atom. The van der Waals surface area contributed by atoms with Crippen LogP contribution < -0.4 is 0 Å². The van der Waals surface area contributed by atoms with E-state index >= 15 is 0 Å². The Morgan fingerprint density at radius 2 is 1.85 bits per heavy atom. The number of aromatic nitrogens is 1. The quantitative estimate of drug-likeness (QED) is 0.646. The molecule has 1 heterocycles. The van der Waals surface area contributed by atoms with Crippen LogP contribution >= 0.6 is 23.2 Å².